The standard InChI is InChI=1S/C28H28F3N3O4/c29-28(30,31)26(37)38-27-16-20(27)17-32-24(27)25(36)33-21(11-10-18-6-2-1-3-7-18)12-13-23(35)34-15-14-19-8-4-5-9-22(19)34/h1-9,12-13,20-21,24,32H,10-11,14-17H2,(H,33,36)/b13-12+/t20-,21+,24-,27-/m1/s1. The molecule has 0 bridgehead atoms. The number of amides is 2. The first kappa shape index (κ1) is 26.0. The molecule has 2 heterocycles. The second kappa shape index (κ2) is 10.2. The summed E-state index contributed by atoms with van der Waals surface area (Å²) in [7, 11) is 0. The molecule has 0 unspecified atom stereocenters. The van der Waals surface area contributed by atoms with Gasteiger partial charge in [-0.25, -0.2) is 4.79 Å². The fraction of sp³-hybridized carbons (Fsp3) is 0.393. The van der Waals surface area contributed by atoms with Crippen molar-refractivity contribution in [2.75, 3.05) is 18.0 Å². The average Bonchev–Trinajstić information content (AvgIpc) is 3.24. The zero-order chi connectivity index (χ0) is 26.9. The first-order chi connectivity index (χ1) is 18.2. The summed E-state index contributed by atoms with van der Waals surface area (Å²) in [4.78, 5) is 39.4. The van der Waals surface area contributed by atoms with E-state index in [1.807, 2.05) is 54.6 Å². The minimum absolute atomic E-state index is 0.192. The third-order valence-electron chi connectivity index (χ3n) is 7.47. The van der Waals surface area contributed by atoms with Crippen LogP contribution >= 0.6 is 0 Å². The molecule has 2 amide bonds. The molecule has 0 spiro atoms. The highest BCUT2D eigenvalue weighted by molar-refractivity contribution is 6.03. The van der Waals surface area contributed by atoms with E-state index in [9.17, 15) is 27.6 Å². The van der Waals surface area contributed by atoms with Crippen LogP contribution in [0.3, 0.4) is 0 Å². The lowest BCUT2D eigenvalue weighted by Gasteiger charge is -2.26. The van der Waals surface area contributed by atoms with Crippen LogP contribution in [0.15, 0.2) is 66.7 Å². The van der Waals surface area contributed by atoms with Crippen LogP contribution in [-0.2, 0) is 32.0 Å². The minimum Gasteiger partial charge on any atom is -0.450 e. The fourth-order valence-corrected chi connectivity index (χ4v) is 5.39. The van der Waals surface area contributed by atoms with Gasteiger partial charge >= 0.3 is 12.1 Å². The number of carbonyl (C=O) groups excluding carboxylic acids is 3. The molecule has 2 fully saturated rings. The SMILES string of the molecule is O=C(N[C@H](/C=C/C(=O)N1CCc2ccccc21)CCc1ccccc1)[C@H]1NC[C@H]2C[C@@]21OC(=O)C(F)(F)F. The van der Waals surface area contributed by atoms with E-state index >= 15 is 0 Å². The number of nitrogens with zero attached hydrogens (tertiary/aromatic N) is 1. The normalized spacial score (nSPS) is 24.6. The van der Waals surface area contributed by atoms with Crippen LogP contribution in [0.2, 0.25) is 0 Å². The van der Waals surface area contributed by atoms with Gasteiger partial charge in [-0.05, 0) is 42.9 Å². The molecule has 2 aliphatic heterocycles. The maximum Gasteiger partial charge on any atom is 0.490 e. The number of piperidine rings is 1. The monoisotopic (exact) mass is 527 g/mol. The Balaban J connectivity index is 1.29. The molecule has 38 heavy (non-hydrogen) atoms. The Bertz CT molecular complexity index is 1250. The summed E-state index contributed by atoms with van der Waals surface area (Å²) < 4.78 is 43.4. The van der Waals surface area contributed by atoms with Gasteiger partial charge in [-0.2, -0.15) is 13.2 Å². The van der Waals surface area contributed by atoms with Crippen LogP contribution in [0.4, 0.5) is 18.9 Å². The van der Waals surface area contributed by atoms with Crippen molar-refractivity contribution in [3.8, 4) is 0 Å². The van der Waals surface area contributed by atoms with Crippen molar-refractivity contribution < 1.29 is 32.3 Å². The van der Waals surface area contributed by atoms with Gasteiger partial charge in [0, 0.05) is 36.8 Å². The highest BCUT2D eigenvalue weighted by Gasteiger charge is 2.70. The van der Waals surface area contributed by atoms with E-state index in [1.54, 1.807) is 11.0 Å². The number of benzene rings is 2. The molecule has 2 aromatic rings. The first-order valence-electron chi connectivity index (χ1n) is 12.6. The topological polar surface area (TPSA) is 87.7 Å². The summed E-state index contributed by atoms with van der Waals surface area (Å²) in [5, 5.41) is 5.75. The smallest absolute Gasteiger partial charge is 0.450 e. The van der Waals surface area contributed by atoms with Crippen molar-refractivity contribution in [1.82, 2.24) is 10.6 Å². The van der Waals surface area contributed by atoms with Gasteiger partial charge < -0.3 is 20.3 Å². The largest absolute Gasteiger partial charge is 0.490 e. The third-order valence-corrected chi connectivity index (χ3v) is 7.47. The summed E-state index contributed by atoms with van der Waals surface area (Å²) in [5.74, 6) is -3.43. The van der Waals surface area contributed by atoms with Crippen molar-refractivity contribution >= 4 is 23.5 Å². The fourth-order valence-electron chi connectivity index (χ4n) is 5.39. The van der Waals surface area contributed by atoms with E-state index in [0.29, 0.717) is 19.4 Å². The van der Waals surface area contributed by atoms with Gasteiger partial charge in [0.1, 0.15) is 11.6 Å². The molecule has 7 nitrogen and oxygen atoms in total. The van der Waals surface area contributed by atoms with Gasteiger partial charge in [0.25, 0.3) is 5.91 Å². The van der Waals surface area contributed by atoms with Gasteiger partial charge in [-0.3, -0.25) is 9.59 Å². The molecule has 3 aliphatic rings. The Morgan fingerprint density at radius 2 is 1.87 bits per heavy atom. The average molecular weight is 528 g/mol. The first-order valence-corrected chi connectivity index (χ1v) is 12.6. The maximum absolute atomic E-state index is 13.2. The van der Waals surface area contributed by atoms with Gasteiger partial charge in [0.15, 0.2) is 0 Å². The van der Waals surface area contributed by atoms with Crippen LogP contribution in [0.5, 0.6) is 0 Å². The molecule has 2 aromatic carbocycles. The molecular formula is C28H28F3N3O4. The zero-order valence-corrected chi connectivity index (χ0v) is 20.5. The lowest BCUT2D eigenvalue weighted by Crippen LogP contribution is -2.53. The summed E-state index contributed by atoms with van der Waals surface area (Å²) in [6.45, 7) is 0.838. The molecule has 1 aliphatic carbocycles. The molecule has 200 valence electrons. The van der Waals surface area contributed by atoms with Crippen molar-refractivity contribution in [2.45, 2.75) is 49.5 Å². The van der Waals surface area contributed by atoms with Crippen molar-refractivity contribution in [2.24, 2.45) is 5.92 Å². The van der Waals surface area contributed by atoms with Crippen LogP contribution in [0.25, 0.3) is 0 Å². The quantitative estimate of drug-likeness (QED) is 0.407. The molecular weight excluding hydrogens is 499 g/mol. The lowest BCUT2D eigenvalue weighted by atomic mass is 10.0. The molecule has 1 saturated heterocycles. The number of alkyl halides is 3. The Kier molecular flexibility index (Phi) is 7.00. The Hall–Kier alpha value is -3.66. The van der Waals surface area contributed by atoms with Gasteiger partial charge in [-0.15, -0.1) is 0 Å². The predicted molar refractivity (Wildman–Crippen MR) is 133 cm³/mol. The molecule has 4 atom stereocenters. The Morgan fingerprint density at radius 1 is 1.13 bits per heavy atom. The van der Waals surface area contributed by atoms with Gasteiger partial charge in [0.05, 0.1) is 0 Å². The molecule has 2 N–H and O–H groups in total. The highest BCUT2D eigenvalue weighted by atomic mass is 19.4. The van der Waals surface area contributed by atoms with E-state index < -0.39 is 35.7 Å². The number of esters is 1. The second-order valence-corrected chi connectivity index (χ2v) is 9.95. The zero-order valence-electron chi connectivity index (χ0n) is 20.5. The number of ether oxygens (including phenoxy) is 1. The van der Waals surface area contributed by atoms with Crippen molar-refractivity contribution in [1.29, 1.82) is 0 Å². The predicted octanol–water partition coefficient (Wildman–Crippen LogP) is 3.09. The third kappa shape index (κ3) is 5.31. The number of para-hydroxylation sites is 1. The van der Waals surface area contributed by atoms with E-state index in [1.165, 1.54) is 6.08 Å². The molecule has 5 rings (SSSR count). The minimum atomic E-state index is -5.14. The number of hydrogen-bond acceptors (Lipinski definition) is 5. The van der Waals surface area contributed by atoms with Crippen molar-refractivity contribution in [3.63, 3.8) is 0 Å². The van der Waals surface area contributed by atoms with Crippen LogP contribution in [-0.4, -0.2) is 54.7 Å². The summed E-state index contributed by atoms with van der Waals surface area (Å²) in [5.41, 5.74) is 1.49. The number of rotatable bonds is 8. The summed E-state index contributed by atoms with van der Waals surface area (Å²) >= 11 is 0. The number of carbonyl (C=O) groups is 3. The number of hydrogen-bond donors (Lipinski definition) is 2. The number of aryl methyl sites for hydroxylation is 1. The molecule has 0 aromatic heterocycles. The van der Waals surface area contributed by atoms with Crippen LogP contribution < -0.4 is 15.5 Å². The maximum atomic E-state index is 13.2. The molecule has 10 heteroatoms. The number of anilines is 1. The lowest BCUT2D eigenvalue weighted by molar-refractivity contribution is -0.208. The van der Waals surface area contributed by atoms with E-state index in [2.05, 4.69) is 10.6 Å². The number of fused-ring (bicyclic) bond motifs is 2. The van der Waals surface area contributed by atoms with E-state index in [4.69, 9.17) is 4.74 Å². The van der Waals surface area contributed by atoms with Crippen molar-refractivity contribution in [3.05, 3.63) is 77.9 Å². The Morgan fingerprint density at radius 3 is 2.61 bits per heavy atom. The van der Waals surface area contributed by atoms with Gasteiger partial charge in [-0.1, -0.05) is 54.6 Å². The summed E-state index contributed by atoms with van der Waals surface area (Å²) in [6.07, 6.45) is -0.0693. The van der Waals surface area contributed by atoms with E-state index in [-0.39, 0.29) is 24.8 Å². The molecule has 1 saturated carbocycles. The van der Waals surface area contributed by atoms with Crippen LogP contribution in [0, 0.1) is 5.92 Å². The van der Waals surface area contributed by atoms with Crippen LogP contribution in [0.1, 0.15) is 24.0 Å². The number of nitrogens with one attached hydrogen (secondary N) is 2. The van der Waals surface area contributed by atoms with E-state index in [0.717, 1.165) is 23.2 Å². The second-order valence-electron chi connectivity index (χ2n) is 9.95. The molecule has 0 radical (unpaired) electrons. The highest BCUT2D eigenvalue weighted by Crippen LogP contribution is 2.53. The summed E-state index contributed by atoms with van der Waals surface area (Å²) in [6, 6.07) is 15.6. The Labute approximate surface area is 218 Å². The van der Waals surface area contributed by atoms with Gasteiger partial charge in [0.2, 0.25) is 5.91 Å². The number of halogens is 3.